The maximum absolute atomic E-state index is 5.64. The van der Waals surface area contributed by atoms with Gasteiger partial charge in [0.1, 0.15) is 11.4 Å². The highest BCUT2D eigenvalue weighted by Crippen LogP contribution is 2.32. The molecular formula is C12H12N2O2. The number of aromatic nitrogens is 1. The Morgan fingerprint density at radius 2 is 2.25 bits per heavy atom. The number of anilines is 1. The average Bonchev–Trinajstić information content (AvgIpc) is 2.86. The molecule has 0 fully saturated rings. The summed E-state index contributed by atoms with van der Waals surface area (Å²) in [5.74, 6) is 1.35. The highest BCUT2D eigenvalue weighted by atomic mass is 16.5. The first kappa shape index (κ1) is 9.27. The molecule has 0 amide bonds. The van der Waals surface area contributed by atoms with Crippen LogP contribution in [-0.2, 0) is 6.42 Å². The van der Waals surface area contributed by atoms with Crippen molar-refractivity contribution in [2.75, 3.05) is 12.3 Å². The van der Waals surface area contributed by atoms with Crippen LogP contribution in [0.25, 0.3) is 11.3 Å². The molecule has 1 aliphatic heterocycles. The first-order chi connectivity index (χ1) is 7.75. The van der Waals surface area contributed by atoms with Gasteiger partial charge < -0.3 is 15.0 Å². The molecule has 4 heteroatoms. The van der Waals surface area contributed by atoms with Crippen molar-refractivity contribution in [1.82, 2.24) is 5.16 Å². The number of nitrogen functional groups attached to an aromatic ring is 1. The minimum absolute atomic E-state index is 0.381. The van der Waals surface area contributed by atoms with Crippen LogP contribution in [0.4, 0.5) is 5.88 Å². The Labute approximate surface area is 93.0 Å². The molecule has 0 bridgehead atoms. The van der Waals surface area contributed by atoms with Gasteiger partial charge in [-0.3, -0.25) is 0 Å². The molecule has 2 aromatic rings. The molecule has 0 saturated carbocycles. The number of hydrogen-bond acceptors (Lipinski definition) is 4. The second-order valence-corrected chi connectivity index (χ2v) is 3.94. The number of benzene rings is 1. The minimum Gasteiger partial charge on any atom is -0.493 e. The second-order valence-electron chi connectivity index (χ2n) is 3.94. The summed E-state index contributed by atoms with van der Waals surface area (Å²) < 4.78 is 10.4. The van der Waals surface area contributed by atoms with E-state index < -0.39 is 0 Å². The highest BCUT2D eigenvalue weighted by molar-refractivity contribution is 5.68. The van der Waals surface area contributed by atoms with Crippen molar-refractivity contribution in [3.8, 4) is 17.0 Å². The Bertz CT molecular complexity index is 546. The lowest BCUT2D eigenvalue weighted by molar-refractivity contribution is 0.357. The highest BCUT2D eigenvalue weighted by Gasteiger charge is 2.16. The number of rotatable bonds is 1. The van der Waals surface area contributed by atoms with Crippen molar-refractivity contribution in [3.63, 3.8) is 0 Å². The van der Waals surface area contributed by atoms with Crippen LogP contribution in [0, 0.1) is 6.92 Å². The third kappa shape index (κ3) is 1.26. The molecule has 0 spiro atoms. The van der Waals surface area contributed by atoms with Crippen LogP contribution in [0.3, 0.4) is 0 Å². The number of nitrogens with two attached hydrogens (primary N) is 1. The fraction of sp³-hybridized carbons (Fsp3) is 0.250. The van der Waals surface area contributed by atoms with Crippen molar-refractivity contribution in [2.45, 2.75) is 13.3 Å². The van der Waals surface area contributed by atoms with Gasteiger partial charge in [-0.25, -0.2) is 0 Å². The quantitative estimate of drug-likeness (QED) is 0.793. The van der Waals surface area contributed by atoms with Gasteiger partial charge in [-0.05, 0) is 30.7 Å². The summed E-state index contributed by atoms with van der Waals surface area (Å²) in [5, 5.41) is 3.97. The Morgan fingerprint density at radius 3 is 3.00 bits per heavy atom. The van der Waals surface area contributed by atoms with Gasteiger partial charge in [0, 0.05) is 17.5 Å². The Morgan fingerprint density at radius 1 is 1.38 bits per heavy atom. The van der Waals surface area contributed by atoms with E-state index >= 15 is 0 Å². The van der Waals surface area contributed by atoms with Crippen molar-refractivity contribution < 1.29 is 9.26 Å². The third-order valence-corrected chi connectivity index (χ3v) is 2.92. The predicted molar refractivity (Wildman–Crippen MR) is 60.3 cm³/mol. The van der Waals surface area contributed by atoms with E-state index in [1.54, 1.807) is 0 Å². The van der Waals surface area contributed by atoms with Crippen molar-refractivity contribution in [1.29, 1.82) is 0 Å². The molecule has 1 aromatic heterocycles. The van der Waals surface area contributed by atoms with Gasteiger partial charge >= 0.3 is 0 Å². The lowest BCUT2D eigenvalue weighted by atomic mass is 10.0. The Balaban J connectivity index is 2.10. The summed E-state index contributed by atoms with van der Waals surface area (Å²) in [6, 6.07) is 6.04. The van der Waals surface area contributed by atoms with Gasteiger partial charge in [0.2, 0.25) is 5.88 Å². The lowest BCUT2D eigenvalue weighted by Crippen LogP contribution is -1.86. The summed E-state index contributed by atoms with van der Waals surface area (Å²) >= 11 is 0. The number of ether oxygens (including phenoxy) is 1. The monoisotopic (exact) mass is 216 g/mol. The summed E-state index contributed by atoms with van der Waals surface area (Å²) in [4.78, 5) is 0. The zero-order valence-corrected chi connectivity index (χ0v) is 8.99. The molecule has 0 unspecified atom stereocenters. The lowest BCUT2D eigenvalue weighted by Gasteiger charge is -2.01. The van der Waals surface area contributed by atoms with Gasteiger partial charge in [0.05, 0.1) is 6.61 Å². The maximum atomic E-state index is 5.64. The topological polar surface area (TPSA) is 61.3 Å². The minimum atomic E-state index is 0.381. The molecule has 1 aliphatic rings. The summed E-state index contributed by atoms with van der Waals surface area (Å²) in [6.45, 7) is 2.67. The molecule has 0 radical (unpaired) electrons. The summed E-state index contributed by atoms with van der Waals surface area (Å²) in [6.07, 6.45) is 0.954. The van der Waals surface area contributed by atoms with Crippen LogP contribution < -0.4 is 10.5 Å². The van der Waals surface area contributed by atoms with E-state index in [1.165, 1.54) is 5.56 Å². The van der Waals surface area contributed by atoms with Gasteiger partial charge in [-0.2, -0.15) is 0 Å². The van der Waals surface area contributed by atoms with Crippen molar-refractivity contribution in [3.05, 3.63) is 29.3 Å². The normalized spacial score (nSPS) is 13.6. The van der Waals surface area contributed by atoms with E-state index in [1.807, 2.05) is 19.1 Å². The molecule has 1 aromatic carbocycles. The second kappa shape index (κ2) is 3.27. The first-order valence-electron chi connectivity index (χ1n) is 5.23. The largest absolute Gasteiger partial charge is 0.493 e. The van der Waals surface area contributed by atoms with Crippen LogP contribution in [0.2, 0.25) is 0 Å². The van der Waals surface area contributed by atoms with E-state index in [9.17, 15) is 0 Å². The standard InChI is InChI=1S/C12H12N2O2/c1-7-11(14-16-12(7)13)9-2-3-10-8(6-9)4-5-15-10/h2-3,6H,4-5,13H2,1H3. The number of fused-ring (bicyclic) bond motifs is 1. The zero-order chi connectivity index (χ0) is 11.1. The Kier molecular flexibility index (Phi) is 1.89. The van der Waals surface area contributed by atoms with E-state index in [-0.39, 0.29) is 0 Å². The van der Waals surface area contributed by atoms with Gasteiger partial charge in [-0.15, -0.1) is 0 Å². The smallest absolute Gasteiger partial charge is 0.225 e. The van der Waals surface area contributed by atoms with E-state index in [4.69, 9.17) is 15.0 Å². The van der Waals surface area contributed by atoms with E-state index in [0.717, 1.165) is 35.6 Å². The van der Waals surface area contributed by atoms with Crippen LogP contribution in [-0.4, -0.2) is 11.8 Å². The fourth-order valence-corrected chi connectivity index (χ4v) is 1.95. The van der Waals surface area contributed by atoms with Crippen LogP contribution in [0.15, 0.2) is 22.7 Å². The first-order valence-corrected chi connectivity index (χ1v) is 5.23. The average molecular weight is 216 g/mol. The number of hydrogen-bond donors (Lipinski definition) is 1. The van der Waals surface area contributed by atoms with Gasteiger partial charge in [0.15, 0.2) is 0 Å². The van der Waals surface area contributed by atoms with Crippen LogP contribution >= 0.6 is 0 Å². The van der Waals surface area contributed by atoms with E-state index in [2.05, 4.69) is 11.2 Å². The molecule has 2 heterocycles. The van der Waals surface area contributed by atoms with Gasteiger partial charge in [0.25, 0.3) is 0 Å². The Hall–Kier alpha value is -1.97. The summed E-state index contributed by atoms with van der Waals surface area (Å²) in [5.41, 5.74) is 9.59. The zero-order valence-electron chi connectivity index (χ0n) is 8.99. The molecule has 16 heavy (non-hydrogen) atoms. The molecular weight excluding hydrogens is 204 g/mol. The molecule has 0 aliphatic carbocycles. The van der Waals surface area contributed by atoms with Gasteiger partial charge in [-0.1, -0.05) is 5.16 Å². The van der Waals surface area contributed by atoms with Crippen molar-refractivity contribution in [2.24, 2.45) is 0 Å². The fourth-order valence-electron chi connectivity index (χ4n) is 1.95. The predicted octanol–water partition coefficient (Wildman–Crippen LogP) is 2.17. The molecule has 3 rings (SSSR count). The summed E-state index contributed by atoms with van der Waals surface area (Å²) in [7, 11) is 0. The molecule has 4 nitrogen and oxygen atoms in total. The van der Waals surface area contributed by atoms with Crippen LogP contribution in [0.1, 0.15) is 11.1 Å². The molecule has 2 N–H and O–H groups in total. The molecule has 82 valence electrons. The maximum Gasteiger partial charge on any atom is 0.225 e. The van der Waals surface area contributed by atoms with Crippen molar-refractivity contribution >= 4 is 5.88 Å². The SMILES string of the molecule is Cc1c(-c2ccc3c(c2)CCO3)noc1N. The third-order valence-electron chi connectivity index (χ3n) is 2.92. The van der Waals surface area contributed by atoms with Crippen LogP contribution in [0.5, 0.6) is 5.75 Å². The molecule has 0 saturated heterocycles. The number of nitrogens with zero attached hydrogens (tertiary/aromatic N) is 1. The van der Waals surface area contributed by atoms with E-state index in [0.29, 0.717) is 5.88 Å². The molecule has 0 atom stereocenters.